The van der Waals surface area contributed by atoms with Crippen molar-refractivity contribution in [1.82, 2.24) is 0 Å². The average molecular weight is 187 g/mol. The molecule has 1 N–H and O–H groups in total. The number of rotatable bonds is 0. The van der Waals surface area contributed by atoms with Gasteiger partial charge >= 0.3 is 0 Å². The van der Waals surface area contributed by atoms with Gasteiger partial charge in [0, 0.05) is 10.3 Å². The Morgan fingerprint density at radius 1 is 1.67 bits per heavy atom. The van der Waals surface area contributed by atoms with E-state index in [0.717, 1.165) is 16.0 Å². The molecule has 1 aliphatic rings. The molecule has 1 aliphatic heterocycles. The van der Waals surface area contributed by atoms with Crippen molar-refractivity contribution >= 4 is 11.6 Å². The molecular weight excluding hydrogens is 178 g/mol. The van der Waals surface area contributed by atoms with Crippen molar-refractivity contribution in [3.8, 4) is 5.75 Å². The van der Waals surface area contributed by atoms with Crippen LogP contribution in [-0.4, -0.2) is 11.8 Å². The van der Waals surface area contributed by atoms with Crippen molar-refractivity contribution in [3.05, 3.63) is 22.5 Å². The third kappa shape index (κ3) is 0.932. The summed E-state index contributed by atoms with van der Waals surface area (Å²) < 4.78 is 6.36. The highest BCUT2D eigenvalue weighted by atomic mass is 35.5. The monoisotopic (exact) mass is 186 g/mol. The first-order valence-electron chi connectivity index (χ1n) is 3.76. The van der Waals surface area contributed by atoms with Gasteiger partial charge in [-0.05, 0) is 6.92 Å². The summed E-state index contributed by atoms with van der Waals surface area (Å²) in [6, 6.07) is 0. The van der Waals surface area contributed by atoms with Gasteiger partial charge in [-0.3, -0.25) is 5.21 Å². The van der Waals surface area contributed by atoms with Crippen LogP contribution in [0.2, 0.25) is 5.02 Å². The number of nitrogens with zero attached hydrogens (tertiary/aromatic N) is 1. The molecule has 0 saturated heterocycles. The Hall–Kier alpha value is -0.960. The van der Waals surface area contributed by atoms with Crippen molar-refractivity contribution in [1.29, 1.82) is 0 Å². The minimum atomic E-state index is 0.596. The van der Waals surface area contributed by atoms with Gasteiger partial charge in [0.1, 0.15) is 0 Å². The molecule has 0 atom stereocenters. The maximum Gasteiger partial charge on any atom is 0.280 e. The Labute approximate surface area is 75.1 Å². The summed E-state index contributed by atoms with van der Waals surface area (Å²) in [6.07, 6.45) is 2.31. The maximum absolute atomic E-state index is 9.41. The van der Waals surface area contributed by atoms with Gasteiger partial charge in [0.25, 0.3) is 5.69 Å². The van der Waals surface area contributed by atoms with E-state index < -0.39 is 0 Å². The molecule has 4 heteroatoms. The maximum atomic E-state index is 9.41. The van der Waals surface area contributed by atoms with Gasteiger partial charge < -0.3 is 4.74 Å². The highest BCUT2D eigenvalue weighted by Crippen LogP contribution is 2.32. The first-order valence-corrected chi connectivity index (χ1v) is 4.13. The van der Waals surface area contributed by atoms with Gasteiger partial charge in [-0.2, -0.15) is 0 Å². The van der Waals surface area contributed by atoms with E-state index in [0.29, 0.717) is 23.8 Å². The van der Waals surface area contributed by atoms with Gasteiger partial charge in [-0.15, -0.1) is 0 Å². The van der Waals surface area contributed by atoms with Crippen LogP contribution in [0.1, 0.15) is 11.3 Å². The second-order valence-electron chi connectivity index (χ2n) is 2.84. The van der Waals surface area contributed by atoms with Crippen LogP contribution in [0.3, 0.4) is 0 Å². The van der Waals surface area contributed by atoms with Crippen LogP contribution in [0.4, 0.5) is 0 Å². The highest BCUT2D eigenvalue weighted by molar-refractivity contribution is 6.32. The van der Waals surface area contributed by atoms with E-state index in [4.69, 9.17) is 16.3 Å². The molecule has 64 valence electrons. The number of aryl methyl sites for hydroxylation is 1. The number of halogens is 1. The molecule has 0 aliphatic carbocycles. The molecule has 1 aromatic heterocycles. The third-order valence-corrected chi connectivity index (χ3v) is 2.46. The molecule has 0 radical (unpaired) electrons. The van der Waals surface area contributed by atoms with Crippen LogP contribution in [-0.2, 0) is 6.42 Å². The van der Waals surface area contributed by atoms with Crippen molar-refractivity contribution in [3.63, 3.8) is 0 Å². The van der Waals surface area contributed by atoms with Crippen LogP contribution in [0.25, 0.3) is 0 Å². The summed E-state index contributed by atoms with van der Waals surface area (Å²) in [6.45, 7) is 2.43. The highest BCUT2D eigenvalue weighted by Gasteiger charge is 2.28. The Bertz CT molecular complexity index is 338. The lowest BCUT2D eigenvalue weighted by Gasteiger charge is -2.00. The Balaban J connectivity index is 2.69. The fraction of sp³-hybridized carbons (Fsp3) is 0.375. The summed E-state index contributed by atoms with van der Waals surface area (Å²) in [7, 11) is 0. The standard InChI is InChI=1S/C8H9ClNO2/c1-5-4-10(11)6-2-3-12-8(6)7(5)9/h4,11H,2-3H2,1H3/q+1. The normalized spacial score (nSPS) is 14.2. The molecule has 3 nitrogen and oxygen atoms in total. The fourth-order valence-electron chi connectivity index (χ4n) is 1.35. The minimum absolute atomic E-state index is 0.596. The van der Waals surface area contributed by atoms with Crippen LogP contribution < -0.4 is 9.47 Å². The van der Waals surface area contributed by atoms with Crippen molar-refractivity contribution < 1.29 is 14.7 Å². The number of pyridine rings is 1. The van der Waals surface area contributed by atoms with E-state index in [1.807, 2.05) is 6.92 Å². The minimum Gasteiger partial charge on any atom is -0.485 e. The largest absolute Gasteiger partial charge is 0.485 e. The summed E-state index contributed by atoms with van der Waals surface area (Å²) in [4.78, 5) is 0. The lowest BCUT2D eigenvalue weighted by atomic mass is 10.2. The molecular formula is C8H9ClNO2+. The van der Waals surface area contributed by atoms with E-state index in [1.54, 1.807) is 6.20 Å². The van der Waals surface area contributed by atoms with E-state index in [9.17, 15) is 5.21 Å². The summed E-state index contributed by atoms with van der Waals surface area (Å²) in [5, 5.41) is 10.0. The molecule has 0 amide bonds. The van der Waals surface area contributed by atoms with E-state index in [-0.39, 0.29) is 0 Å². The van der Waals surface area contributed by atoms with E-state index >= 15 is 0 Å². The second kappa shape index (κ2) is 2.52. The average Bonchev–Trinajstić information content (AvgIpc) is 2.48. The van der Waals surface area contributed by atoms with Gasteiger partial charge in [0.15, 0.2) is 0 Å². The SMILES string of the molecule is Cc1c[n+](O)c2c(c1Cl)OCC2. The van der Waals surface area contributed by atoms with Gasteiger partial charge in [-0.25, -0.2) is 0 Å². The van der Waals surface area contributed by atoms with Crippen molar-refractivity contribution in [2.75, 3.05) is 6.61 Å². The Morgan fingerprint density at radius 3 is 3.17 bits per heavy atom. The van der Waals surface area contributed by atoms with Crippen molar-refractivity contribution in [2.24, 2.45) is 0 Å². The first kappa shape index (κ1) is 7.68. The Kier molecular flexibility index (Phi) is 1.61. The molecule has 0 saturated carbocycles. The van der Waals surface area contributed by atoms with Gasteiger partial charge in [-0.1, -0.05) is 11.6 Å². The van der Waals surface area contributed by atoms with Gasteiger partial charge in [0.2, 0.25) is 11.9 Å². The van der Waals surface area contributed by atoms with Gasteiger partial charge in [0.05, 0.1) is 18.1 Å². The first-order chi connectivity index (χ1) is 5.70. The third-order valence-electron chi connectivity index (χ3n) is 1.99. The van der Waals surface area contributed by atoms with Crippen LogP contribution in [0.15, 0.2) is 6.20 Å². The molecule has 1 aromatic rings. The lowest BCUT2D eigenvalue weighted by Crippen LogP contribution is -2.34. The summed E-state index contributed by atoms with van der Waals surface area (Å²) >= 11 is 5.96. The lowest BCUT2D eigenvalue weighted by molar-refractivity contribution is -0.909. The quantitative estimate of drug-likeness (QED) is 0.487. The van der Waals surface area contributed by atoms with Crippen LogP contribution in [0.5, 0.6) is 5.75 Å². The number of ether oxygens (including phenoxy) is 1. The predicted octanol–water partition coefficient (Wildman–Crippen LogP) is 1.11. The molecule has 0 bridgehead atoms. The number of hydrogen-bond donors (Lipinski definition) is 1. The molecule has 0 fully saturated rings. The number of hydrogen-bond acceptors (Lipinski definition) is 2. The molecule has 0 aromatic carbocycles. The fourth-order valence-corrected chi connectivity index (χ4v) is 1.56. The zero-order valence-corrected chi connectivity index (χ0v) is 7.43. The molecule has 2 rings (SSSR count). The topological polar surface area (TPSA) is 33.3 Å². The number of aromatic nitrogens is 1. The smallest absolute Gasteiger partial charge is 0.280 e. The van der Waals surface area contributed by atoms with Crippen LogP contribution >= 0.6 is 11.6 Å². The van der Waals surface area contributed by atoms with E-state index in [2.05, 4.69) is 0 Å². The zero-order chi connectivity index (χ0) is 8.72. The molecule has 2 heterocycles. The predicted molar refractivity (Wildman–Crippen MR) is 42.8 cm³/mol. The molecule has 0 spiro atoms. The van der Waals surface area contributed by atoms with Crippen molar-refractivity contribution in [2.45, 2.75) is 13.3 Å². The van der Waals surface area contributed by atoms with Crippen LogP contribution in [0, 0.1) is 6.92 Å². The summed E-state index contributed by atoms with van der Waals surface area (Å²) in [5.74, 6) is 0.624. The number of fused-ring (bicyclic) bond motifs is 1. The molecule has 0 unspecified atom stereocenters. The Morgan fingerprint density at radius 2 is 2.42 bits per heavy atom. The summed E-state index contributed by atoms with van der Waals surface area (Å²) in [5.41, 5.74) is 1.57. The molecule has 12 heavy (non-hydrogen) atoms. The van der Waals surface area contributed by atoms with E-state index in [1.165, 1.54) is 0 Å². The zero-order valence-electron chi connectivity index (χ0n) is 6.67. The second-order valence-corrected chi connectivity index (χ2v) is 3.22.